The number of benzene rings is 1. The zero-order chi connectivity index (χ0) is 15.6. The minimum Gasteiger partial charge on any atom is -0.494 e. The van der Waals surface area contributed by atoms with Crippen LogP contribution in [0.1, 0.15) is 44.9 Å². The van der Waals surface area contributed by atoms with Gasteiger partial charge in [-0.2, -0.15) is 0 Å². The summed E-state index contributed by atoms with van der Waals surface area (Å²) in [5.41, 5.74) is 0. The molecular formula is C20H27NO2. The van der Waals surface area contributed by atoms with E-state index in [2.05, 4.69) is 5.32 Å². The highest BCUT2D eigenvalue weighted by molar-refractivity contribution is 5.76. The van der Waals surface area contributed by atoms with E-state index in [1.54, 1.807) is 0 Å². The maximum absolute atomic E-state index is 12.2. The third kappa shape index (κ3) is 3.11. The zero-order valence-electron chi connectivity index (χ0n) is 13.7. The Labute approximate surface area is 138 Å². The van der Waals surface area contributed by atoms with E-state index >= 15 is 0 Å². The van der Waals surface area contributed by atoms with Gasteiger partial charge in [-0.05, 0) is 67.9 Å². The van der Waals surface area contributed by atoms with E-state index < -0.39 is 0 Å². The van der Waals surface area contributed by atoms with Gasteiger partial charge in [0.15, 0.2) is 0 Å². The van der Waals surface area contributed by atoms with Gasteiger partial charge in [0.2, 0.25) is 5.91 Å². The molecule has 0 aliphatic heterocycles. The summed E-state index contributed by atoms with van der Waals surface area (Å²) in [7, 11) is 0. The highest BCUT2D eigenvalue weighted by atomic mass is 16.5. The molecule has 4 rings (SSSR count). The van der Waals surface area contributed by atoms with Crippen LogP contribution in [0.4, 0.5) is 0 Å². The van der Waals surface area contributed by atoms with Crippen LogP contribution in [0.25, 0.3) is 0 Å². The average Bonchev–Trinajstić information content (AvgIpc) is 3.25. The second-order valence-electron chi connectivity index (χ2n) is 7.59. The van der Waals surface area contributed by atoms with Crippen molar-refractivity contribution < 1.29 is 9.53 Å². The third-order valence-corrected chi connectivity index (χ3v) is 6.34. The van der Waals surface area contributed by atoms with Crippen molar-refractivity contribution in [3.63, 3.8) is 0 Å². The minimum absolute atomic E-state index is 0.216. The fourth-order valence-electron chi connectivity index (χ4n) is 5.45. The quantitative estimate of drug-likeness (QED) is 0.812. The molecule has 1 aromatic carbocycles. The Morgan fingerprint density at radius 2 is 1.91 bits per heavy atom. The normalized spacial score (nSPS) is 34.3. The van der Waals surface area contributed by atoms with Crippen molar-refractivity contribution in [2.45, 2.75) is 51.0 Å². The van der Waals surface area contributed by atoms with E-state index in [0.717, 1.165) is 35.8 Å². The molecule has 1 amide bonds. The number of amides is 1. The lowest BCUT2D eigenvalue weighted by molar-refractivity contribution is -0.122. The molecule has 0 saturated heterocycles. The Morgan fingerprint density at radius 3 is 2.78 bits per heavy atom. The lowest BCUT2D eigenvalue weighted by Crippen LogP contribution is -2.42. The summed E-state index contributed by atoms with van der Waals surface area (Å²) in [5, 5.41) is 3.33. The van der Waals surface area contributed by atoms with Crippen molar-refractivity contribution in [2.75, 3.05) is 6.61 Å². The molecule has 3 fully saturated rings. The molecular weight excluding hydrogens is 286 g/mol. The van der Waals surface area contributed by atoms with Crippen LogP contribution in [-0.2, 0) is 4.79 Å². The van der Waals surface area contributed by atoms with Crippen molar-refractivity contribution in [1.82, 2.24) is 5.32 Å². The van der Waals surface area contributed by atoms with Crippen LogP contribution in [-0.4, -0.2) is 18.6 Å². The van der Waals surface area contributed by atoms with E-state index in [0.29, 0.717) is 19.1 Å². The molecule has 0 spiro atoms. The van der Waals surface area contributed by atoms with Gasteiger partial charge < -0.3 is 10.1 Å². The first kappa shape index (κ1) is 15.0. The van der Waals surface area contributed by atoms with Crippen LogP contribution in [0.5, 0.6) is 5.75 Å². The molecule has 3 nitrogen and oxygen atoms in total. The fraction of sp³-hybridized carbons (Fsp3) is 0.650. The maximum Gasteiger partial charge on any atom is 0.220 e. The van der Waals surface area contributed by atoms with E-state index in [-0.39, 0.29) is 5.91 Å². The van der Waals surface area contributed by atoms with E-state index in [1.165, 1.54) is 32.1 Å². The van der Waals surface area contributed by atoms with Crippen molar-refractivity contribution in [3.05, 3.63) is 30.3 Å². The second kappa shape index (κ2) is 6.54. The molecule has 0 heterocycles. The summed E-state index contributed by atoms with van der Waals surface area (Å²) >= 11 is 0. The lowest BCUT2D eigenvalue weighted by atomic mass is 9.79. The molecule has 3 heteroatoms. The Morgan fingerprint density at radius 1 is 1.09 bits per heavy atom. The van der Waals surface area contributed by atoms with Crippen LogP contribution < -0.4 is 10.1 Å². The van der Waals surface area contributed by atoms with Crippen molar-refractivity contribution in [3.8, 4) is 5.75 Å². The number of nitrogens with one attached hydrogen (secondary N) is 1. The van der Waals surface area contributed by atoms with E-state index in [9.17, 15) is 4.79 Å². The van der Waals surface area contributed by atoms with Gasteiger partial charge in [0.1, 0.15) is 5.75 Å². The number of ether oxygens (including phenoxy) is 1. The SMILES string of the molecule is O=C(CCCOc1ccccc1)NC1CC2CC1C1CCCC21. The van der Waals surface area contributed by atoms with Gasteiger partial charge in [0.05, 0.1) is 6.61 Å². The van der Waals surface area contributed by atoms with Crippen LogP contribution in [0, 0.1) is 23.7 Å². The first-order valence-corrected chi connectivity index (χ1v) is 9.28. The number of fused-ring (bicyclic) bond motifs is 5. The van der Waals surface area contributed by atoms with Crippen molar-refractivity contribution >= 4 is 5.91 Å². The molecule has 2 bridgehead atoms. The fourth-order valence-corrected chi connectivity index (χ4v) is 5.45. The Bertz CT molecular complexity index is 544. The first-order chi connectivity index (χ1) is 11.3. The second-order valence-corrected chi connectivity index (χ2v) is 7.59. The van der Waals surface area contributed by atoms with Crippen molar-refractivity contribution in [1.29, 1.82) is 0 Å². The average molecular weight is 313 g/mol. The molecule has 1 N–H and O–H groups in total. The summed E-state index contributed by atoms with van der Waals surface area (Å²) in [6.07, 6.45) is 8.24. The van der Waals surface area contributed by atoms with E-state index in [1.807, 2.05) is 30.3 Å². The van der Waals surface area contributed by atoms with Gasteiger partial charge in [0, 0.05) is 12.5 Å². The number of carbonyl (C=O) groups is 1. The monoisotopic (exact) mass is 313 g/mol. The highest BCUT2D eigenvalue weighted by Gasteiger charge is 2.53. The van der Waals surface area contributed by atoms with Gasteiger partial charge >= 0.3 is 0 Å². The molecule has 3 saturated carbocycles. The number of para-hydroxylation sites is 1. The zero-order valence-corrected chi connectivity index (χ0v) is 13.7. The summed E-state index contributed by atoms with van der Waals surface area (Å²) in [6, 6.07) is 10.3. The number of hydrogen-bond acceptors (Lipinski definition) is 2. The van der Waals surface area contributed by atoms with Gasteiger partial charge in [0.25, 0.3) is 0 Å². The highest BCUT2D eigenvalue weighted by Crippen LogP contribution is 2.58. The molecule has 3 aliphatic rings. The Kier molecular flexibility index (Phi) is 4.28. The third-order valence-electron chi connectivity index (χ3n) is 6.34. The predicted octanol–water partition coefficient (Wildman–Crippen LogP) is 3.79. The van der Waals surface area contributed by atoms with Gasteiger partial charge in [-0.15, -0.1) is 0 Å². The standard InChI is InChI=1S/C20H27NO2/c22-20(10-5-11-23-15-6-2-1-3-7-15)21-19-13-14-12-18(19)17-9-4-8-16(14)17/h1-3,6-7,14,16-19H,4-5,8-13H2,(H,21,22). The molecule has 1 aromatic rings. The number of rotatable bonds is 6. The Hall–Kier alpha value is -1.51. The number of hydrogen-bond donors (Lipinski definition) is 1. The van der Waals surface area contributed by atoms with Gasteiger partial charge in [-0.3, -0.25) is 4.79 Å². The molecule has 0 aromatic heterocycles. The summed E-state index contributed by atoms with van der Waals surface area (Å²) in [6.45, 7) is 0.610. The molecule has 23 heavy (non-hydrogen) atoms. The maximum atomic E-state index is 12.2. The van der Waals surface area contributed by atoms with Crippen molar-refractivity contribution in [2.24, 2.45) is 23.7 Å². The molecule has 124 valence electrons. The van der Waals surface area contributed by atoms with Gasteiger partial charge in [-0.25, -0.2) is 0 Å². The molecule has 5 atom stereocenters. The molecule has 5 unspecified atom stereocenters. The van der Waals surface area contributed by atoms with Crippen LogP contribution in [0.15, 0.2) is 30.3 Å². The first-order valence-electron chi connectivity index (χ1n) is 9.28. The predicted molar refractivity (Wildman–Crippen MR) is 90.1 cm³/mol. The summed E-state index contributed by atoms with van der Waals surface area (Å²) < 4.78 is 5.65. The minimum atomic E-state index is 0.216. The smallest absolute Gasteiger partial charge is 0.220 e. The van der Waals surface area contributed by atoms with Crippen LogP contribution >= 0.6 is 0 Å². The Balaban J connectivity index is 1.18. The largest absolute Gasteiger partial charge is 0.494 e. The molecule has 3 aliphatic carbocycles. The van der Waals surface area contributed by atoms with Gasteiger partial charge in [-0.1, -0.05) is 24.6 Å². The topological polar surface area (TPSA) is 38.3 Å². The van der Waals surface area contributed by atoms with Crippen LogP contribution in [0.3, 0.4) is 0 Å². The summed E-state index contributed by atoms with van der Waals surface area (Å²) in [5.74, 6) is 4.69. The lowest BCUT2D eigenvalue weighted by Gasteiger charge is -2.32. The summed E-state index contributed by atoms with van der Waals surface area (Å²) in [4.78, 5) is 12.2. The number of carbonyl (C=O) groups excluding carboxylic acids is 1. The molecule has 0 radical (unpaired) electrons. The van der Waals surface area contributed by atoms with E-state index in [4.69, 9.17) is 4.74 Å². The van der Waals surface area contributed by atoms with Crippen LogP contribution in [0.2, 0.25) is 0 Å².